The van der Waals surface area contributed by atoms with Crippen LogP contribution in [0.25, 0.3) is 0 Å². The molecule has 1 aromatic carbocycles. The van der Waals surface area contributed by atoms with E-state index in [9.17, 15) is 17.6 Å². The minimum atomic E-state index is -3.86. The Kier molecular flexibility index (Phi) is 4.39. The Labute approximate surface area is 117 Å². The molecule has 1 atom stereocenters. The second-order valence-electron chi connectivity index (χ2n) is 4.70. The standard InChI is InChI=1S/C13H17FN2O3S/c1-15-13(17)12-7-2-3-8-16(12)20(18,19)11-6-4-5-10(14)9-11/h4-6,9,12H,2-3,7-8H2,1H3,(H,15,17)/t12-/m0/s1. The van der Waals surface area contributed by atoms with Gasteiger partial charge in [0, 0.05) is 13.6 Å². The minimum Gasteiger partial charge on any atom is -0.358 e. The first-order chi connectivity index (χ1) is 9.46. The van der Waals surface area contributed by atoms with Gasteiger partial charge < -0.3 is 5.32 Å². The molecule has 5 nitrogen and oxygen atoms in total. The van der Waals surface area contributed by atoms with Gasteiger partial charge in [0.15, 0.2) is 0 Å². The Morgan fingerprint density at radius 3 is 2.80 bits per heavy atom. The van der Waals surface area contributed by atoms with Gasteiger partial charge in [0.05, 0.1) is 4.90 Å². The Morgan fingerprint density at radius 2 is 2.15 bits per heavy atom. The van der Waals surface area contributed by atoms with Gasteiger partial charge >= 0.3 is 0 Å². The van der Waals surface area contributed by atoms with Crippen molar-refractivity contribution in [3.8, 4) is 0 Å². The zero-order valence-corrected chi connectivity index (χ0v) is 12.0. The topological polar surface area (TPSA) is 66.5 Å². The van der Waals surface area contributed by atoms with Crippen molar-refractivity contribution in [2.45, 2.75) is 30.2 Å². The summed E-state index contributed by atoms with van der Waals surface area (Å²) >= 11 is 0. The molecule has 20 heavy (non-hydrogen) atoms. The van der Waals surface area contributed by atoms with Gasteiger partial charge in [0.2, 0.25) is 15.9 Å². The maximum atomic E-state index is 13.2. The molecule has 0 radical (unpaired) electrons. The van der Waals surface area contributed by atoms with E-state index in [2.05, 4.69) is 5.32 Å². The molecule has 0 spiro atoms. The summed E-state index contributed by atoms with van der Waals surface area (Å²) in [6.45, 7) is 0.275. The third-order valence-corrected chi connectivity index (χ3v) is 5.31. The van der Waals surface area contributed by atoms with Crippen molar-refractivity contribution in [2.24, 2.45) is 0 Å². The van der Waals surface area contributed by atoms with Gasteiger partial charge in [-0.15, -0.1) is 0 Å². The molecular formula is C13H17FN2O3S. The summed E-state index contributed by atoms with van der Waals surface area (Å²) in [5, 5.41) is 2.48. The average molecular weight is 300 g/mol. The van der Waals surface area contributed by atoms with Crippen LogP contribution in [0.3, 0.4) is 0 Å². The van der Waals surface area contributed by atoms with Crippen molar-refractivity contribution in [1.29, 1.82) is 0 Å². The Morgan fingerprint density at radius 1 is 1.40 bits per heavy atom. The first-order valence-electron chi connectivity index (χ1n) is 6.46. The number of carbonyl (C=O) groups is 1. The second-order valence-corrected chi connectivity index (χ2v) is 6.59. The van der Waals surface area contributed by atoms with Gasteiger partial charge in [-0.3, -0.25) is 4.79 Å². The van der Waals surface area contributed by atoms with Crippen LogP contribution in [-0.2, 0) is 14.8 Å². The summed E-state index contributed by atoms with van der Waals surface area (Å²) in [4.78, 5) is 11.7. The summed E-state index contributed by atoms with van der Waals surface area (Å²) in [5.74, 6) is -0.941. The lowest BCUT2D eigenvalue weighted by molar-refractivity contribution is -0.125. The smallest absolute Gasteiger partial charge is 0.243 e. The summed E-state index contributed by atoms with van der Waals surface area (Å²) in [5.41, 5.74) is 0. The number of sulfonamides is 1. The average Bonchev–Trinajstić information content (AvgIpc) is 2.46. The lowest BCUT2D eigenvalue weighted by Gasteiger charge is -2.33. The number of benzene rings is 1. The minimum absolute atomic E-state index is 0.117. The molecule has 110 valence electrons. The van der Waals surface area contributed by atoms with E-state index in [1.807, 2.05) is 0 Å². The Bertz CT molecular complexity index is 603. The summed E-state index contributed by atoms with van der Waals surface area (Å²) in [6.07, 6.45) is 1.98. The molecule has 1 fully saturated rings. The van der Waals surface area contributed by atoms with Crippen LogP contribution in [0.5, 0.6) is 0 Å². The molecule has 7 heteroatoms. The van der Waals surface area contributed by atoms with Gasteiger partial charge in [-0.2, -0.15) is 4.31 Å². The van der Waals surface area contributed by atoms with E-state index in [1.165, 1.54) is 29.6 Å². The number of nitrogens with zero attached hydrogens (tertiary/aromatic N) is 1. The predicted molar refractivity (Wildman–Crippen MR) is 72.0 cm³/mol. The van der Waals surface area contributed by atoms with Crippen molar-refractivity contribution in [3.63, 3.8) is 0 Å². The molecule has 2 rings (SSSR count). The number of rotatable bonds is 3. The third kappa shape index (κ3) is 2.83. The first-order valence-corrected chi connectivity index (χ1v) is 7.90. The Balaban J connectivity index is 2.38. The van der Waals surface area contributed by atoms with Crippen LogP contribution in [0.15, 0.2) is 29.2 Å². The van der Waals surface area contributed by atoms with Gasteiger partial charge in [-0.25, -0.2) is 12.8 Å². The van der Waals surface area contributed by atoms with Gasteiger partial charge in [0.1, 0.15) is 11.9 Å². The van der Waals surface area contributed by atoms with Crippen molar-refractivity contribution in [3.05, 3.63) is 30.1 Å². The number of piperidine rings is 1. The number of nitrogens with one attached hydrogen (secondary N) is 1. The highest BCUT2D eigenvalue weighted by molar-refractivity contribution is 7.89. The molecule has 0 unspecified atom stereocenters. The highest BCUT2D eigenvalue weighted by Gasteiger charge is 2.37. The molecule has 1 aliphatic rings. The van der Waals surface area contributed by atoms with Crippen molar-refractivity contribution in [1.82, 2.24) is 9.62 Å². The maximum absolute atomic E-state index is 13.2. The van der Waals surface area contributed by atoms with Crippen molar-refractivity contribution >= 4 is 15.9 Å². The molecule has 1 heterocycles. The predicted octanol–water partition coefficient (Wildman–Crippen LogP) is 1.11. The summed E-state index contributed by atoms with van der Waals surface area (Å²) < 4.78 is 39.5. The van der Waals surface area contributed by atoms with E-state index < -0.39 is 21.9 Å². The molecule has 0 saturated carbocycles. The molecule has 1 aromatic rings. The van der Waals surface area contributed by atoms with E-state index in [-0.39, 0.29) is 17.3 Å². The van der Waals surface area contributed by atoms with Crippen LogP contribution in [0.4, 0.5) is 4.39 Å². The van der Waals surface area contributed by atoms with Gasteiger partial charge in [-0.05, 0) is 31.0 Å². The molecule has 0 bridgehead atoms. The van der Waals surface area contributed by atoms with Crippen LogP contribution in [0.1, 0.15) is 19.3 Å². The van der Waals surface area contributed by atoms with E-state index in [0.29, 0.717) is 12.8 Å². The quantitative estimate of drug-likeness (QED) is 0.909. The highest BCUT2D eigenvalue weighted by Crippen LogP contribution is 2.25. The normalized spacial score (nSPS) is 20.6. The Hall–Kier alpha value is -1.47. The maximum Gasteiger partial charge on any atom is 0.243 e. The molecule has 1 N–H and O–H groups in total. The summed E-state index contributed by atoms with van der Waals surface area (Å²) in [7, 11) is -2.38. The fraction of sp³-hybridized carbons (Fsp3) is 0.462. The fourth-order valence-electron chi connectivity index (χ4n) is 2.38. The van der Waals surface area contributed by atoms with Crippen LogP contribution in [0.2, 0.25) is 0 Å². The second kappa shape index (κ2) is 5.88. The zero-order chi connectivity index (χ0) is 14.8. The summed E-state index contributed by atoms with van der Waals surface area (Å²) in [6, 6.07) is 4.13. The number of hydrogen-bond donors (Lipinski definition) is 1. The van der Waals surface area contributed by atoms with Gasteiger partial charge in [0.25, 0.3) is 0 Å². The van der Waals surface area contributed by atoms with Gasteiger partial charge in [-0.1, -0.05) is 12.5 Å². The van der Waals surface area contributed by atoms with E-state index in [1.54, 1.807) is 0 Å². The van der Waals surface area contributed by atoms with Crippen molar-refractivity contribution < 1.29 is 17.6 Å². The van der Waals surface area contributed by atoms with Crippen LogP contribution in [-0.4, -0.2) is 38.3 Å². The molecular weight excluding hydrogens is 283 g/mol. The largest absolute Gasteiger partial charge is 0.358 e. The van der Waals surface area contributed by atoms with Crippen LogP contribution < -0.4 is 5.32 Å². The number of halogens is 1. The monoisotopic (exact) mass is 300 g/mol. The SMILES string of the molecule is CNC(=O)[C@@H]1CCCCN1S(=O)(=O)c1cccc(F)c1. The third-order valence-electron chi connectivity index (χ3n) is 3.41. The molecule has 0 aromatic heterocycles. The fourth-order valence-corrected chi connectivity index (χ4v) is 4.07. The highest BCUT2D eigenvalue weighted by atomic mass is 32.2. The molecule has 0 aliphatic carbocycles. The first kappa shape index (κ1) is 14.9. The van der Waals surface area contributed by atoms with E-state index in [0.717, 1.165) is 12.5 Å². The van der Waals surface area contributed by atoms with Crippen LogP contribution in [0, 0.1) is 5.82 Å². The number of hydrogen-bond acceptors (Lipinski definition) is 3. The van der Waals surface area contributed by atoms with E-state index in [4.69, 9.17) is 0 Å². The molecule has 1 saturated heterocycles. The molecule has 1 aliphatic heterocycles. The number of likely N-dealkylation sites (N-methyl/N-ethyl adjacent to an activating group) is 1. The molecule has 1 amide bonds. The van der Waals surface area contributed by atoms with Crippen molar-refractivity contribution in [2.75, 3.05) is 13.6 Å². The zero-order valence-electron chi connectivity index (χ0n) is 11.2. The lowest BCUT2D eigenvalue weighted by Crippen LogP contribution is -2.51. The number of amides is 1. The number of carbonyl (C=O) groups excluding carboxylic acids is 1. The lowest BCUT2D eigenvalue weighted by atomic mass is 10.0. The van der Waals surface area contributed by atoms with E-state index >= 15 is 0 Å². The van der Waals surface area contributed by atoms with Crippen LogP contribution >= 0.6 is 0 Å².